The Hall–Kier alpha value is -4.40. The number of rotatable bonds is 8. The maximum Gasteiger partial charge on any atom is 0.337 e. The summed E-state index contributed by atoms with van der Waals surface area (Å²) in [5.74, 6) is 0.596. The molecule has 34 heavy (non-hydrogen) atoms. The van der Waals surface area contributed by atoms with Crippen molar-refractivity contribution in [2.45, 2.75) is 12.5 Å². The van der Waals surface area contributed by atoms with Gasteiger partial charge in [0, 0.05) is 6.42 Å². The normalized spacial score (nSPS) is 15.3. The number of hydrazone groups is 1. The fourth-order valence-corrected chi connectivity index (χ4v) is 3.48. The zero-order valence-electron chi connectivity index (χ0n) is 18.7. The lowest BCUT2D eigenvalue weighted by Crippen LogP contribution is -2.29. The lowest BCUT2D eigenvalue weighted by atomic mass is 10.0. The molecule has 2 heterocycles. The van der Waals surface area contributed by atoms with Gasteiger partial charge in [-0.2, -0.15) is 5.10 Å². The molecule has 9 nitrogen and oxygen atoms in total. The number of carbonyl (C=O) groups excluding carboxylic acids is 2. The van der Waals surface area contributed by atoms with E-state index in [1.165, 1.54) is 18.3 Å². The van der Waals surface area contributed by atoms with Crippen LogP contribution in [0.25, 0.3) is 0 Å². The first kappa shape index (κ1) is 22.8. The first-order chi connectivity index (χ1) is 16.6. The van der Waals surface area contributed by atoms with Gasteiger partial charge in [-0.15, -0.1) is 0 Å². The number of hydrogen-bond acceptors (Lipinski definition) is 8. The molecule has 0 radical (unpaired) electrons. The molecule has 0 saturated heterocycles. The summed E-state index contributed by atoms with van der Waals surface area (Å²) < 4.78 is 15.4. The van der Waals surface area contributed by atoms with Gasteiger partial charge < -0.3 is 18.7 Å². The van der Waals surface area contributed by atoms with E-state index < -0.39 is 5.97 Å². The van der Waals surface area contributed by atoms with Crippen LogP contribution in [-0.4, -0.2) is 49.6 Å². The molecule has 9 heteroatoms. The van der Waals surface area contributed by atoms with Gasteiger partial charge in [-0.25, -0.2) is 9.80 Å². The molecule has 1 unspecified atom stereocenters. The molecule has 1 aromatic heterocycles. The molecular formula is C25H23N3O6. The molecule has 0 aliphatic carbocycles. The third kappa shape index (κ3) is 5.15. The van der Waals surface area contributed by atoms with E-state index in [0.717, 1.165) is 17.0 Å². The summed E-state index contributed by atoms with van der Waals surface area (Å²) in [5.41, 5.74) is 2.78. The maximum absolute atomic E-state index is 12.9. The molecule has 0 N–H and O–H groups in total. The second kappa shape index (κ2) is 10.5. The molecule has 2 aromatic carbocycles. The Morgan fingerprint density at radius 3 is 2.53 bits per heavy atom. The third-order valence-corrected chi connectivity index (χ3v) is 5.26. The third-order valence-electron chi connectivity index (χ3n) is 5.26. The summed E-state index contributed by atoms with van der Waals surface area (Å²) in [4.78, 5) is 29.6. The zero-order chi connectivity index (χ0) is 23.9. The highest BCUT2D eigenvalue weighted by molar-refractivity contribution is 6.03. The summed E-state index contributed by atoms with van der Waals surface area (Å²) in [5, 5.41) is 9.78. The number of oxime groups is 1. The first-order valence-electron chi connectivity index (χ1n) is 10.5. The Kier molecular flexibility index (Phi) is 7.02. The molecule has 1 amide bonds. The molecule has 0 fully saturated rings. The van der Waals surface area contributed by atoms with E-state index in [9.17, 15) is 9.59 Å². The minimum atomic E-state index is -0.420. The Morgan fingerprint density at radius 2 is 1.88 bits per heavy atom. The molecule has 4 rings (SSSR count). The van der Waals surface area contributed by atoms with Gasteiger partial charge in [-0.05, 0) is 59.7 Å². The average molecular weight is 461 g/mol. The number of carbonyl (C=O) groups is 2. The van der Waals surface area contributed by atoms with Crippen LogP contribution in [0.4, 0.5) is 0 Å². The Labute approximate surface area is 196 Å². The quantitative estimate of drug-likeness (QED) is 0.287. The van der Waals surface area contributed by atoms with Crippen molar-refractivity contribution in [1.29, 1.82) is 0 Å². The molecule has 1 aliphatic heterocycles. The van der Waals surface area contributed by atoms with Gasteiger partial charge in [0.25, 0.3) is 5.91 Å². The number of amides is 1. The van der Waals surface area contributed by atoms with E-state index >= 15 is 0 Å². The smallest absolute Gasteiger partial charge is 0.337 e. The minimum absolute atomic E-state index is 0.298. The van der Waals surface area contributed by atoms with Crippen molar-refractivity contribution < 1.29 is 28.3 Å². The van der Waals surface area contributed by atoms with Crippen LogP contribution in [0.15, 0.2) is 81.6 Å². The number of ether oxygens (including phenoxy) is 2. The van der Waals surface area contributed by atoms with Crippen LogP contribution < -0.4 is 4.74 Å². The predicted molar refractivity (Wildman–Crippen MR) is 124 cm³/mol. The van der Waals surface area contributed by atoms with Crippen LogP contribution in [0.5, 0.6) is 5.75 Å². The number of esters is 1. The fraction of sp³-hybridized carbons (Fsp3) is 0.200. The molecule has 174 valence electrons. The van der Waals surface area contributed by atoms with Crippen LogP contribution >= 0.6 is 0 Å². The topological polar surface area (TPSA) is 103 Å². The van der Waals surface area contributed by atoms with Crippen molar-refractivity contribution in [2.75, 3.05) is 20.8 Å². The van der Waals surface area contributed by atoms with Gasteiger partial charge in [0.05, 0.1) is 38.0 Å². The van der Waals surface area contributed by atoms with Crippen molar-refractivity contribution in [1.82, 2.24) is 5.01 Å². The molecule has 0 bridgehead atoms. The van der Waals surface area contributed by atoms with Gasteiger partial charge in [-0.1, -0.05) is 17.3 Å². The van der Waals surface area contributed by atoms with Crippen molar-refractivity contribution in [3.8, 4) is 5.75 Å². The number of hydrogen-bond donors (Lipinski definition) is 0. The Bertz CT molecular complexity index is 1180. The van der Waals surface area contributed by atoms with Gasteiger partial charge >= 0.3 is 5.97 Å². The SMILES string of the molecule is COC(=O)c1ccc(/C=N/OCC(=O)N2N=C(c3ccc(OC)cc3)CC2c2ccco2)cc1. The lowest BCUT2D eigenvalue weighted by Gasteiger charge is -2.19. The largest absolute Gasteiger partial charge is 0.497 e. The lowest BCUT2D eigenvalue weighted by molar-refractivity contribution is -0.138. The van der Waals surface area contributed by atoms with E-state index in [4.69, 9.17) is 14.0 Å². The number of methoxy groups -OCH3 is 2. The highest BCUT2D eigenvalue weighted by Crippen LogP contribution is 2.33. The molecule has 1 aliphatic rings. The first-order valence-corrected chi connectivity index (χ1v) is 10.5. The standard InChI is InChI=1S/C25H23N3O6/c1-31-20-11-9-18(10-12-20)21-14-22(23-4-3-13-33-23)28(27-21)24(29)16-34-26-15-17-5-7-19(8-6-17)25(30)32-2/h3-13,15,22H,14,16H2,1-2H3/b26-15+. The number of nitrogens with zero attached hydrogens (tertiary/aromatic N) is 3. The molecule has 0 spiro atoms. The van der Waals surface area contributed by atoms with Crippen LogP contribution in [0.1, 0.15) is 39.7 Å². The Balaban J connectivity index is 1.42. The van der Waals surface area contributed by atoms with Crippen LogP contribution in [0.3, 0.4) is 0 Å². The summed E-state index contributed by atoms with van der Waals surface area (Å²) in [7, 11) is 2.93. The van der Waals surface area contributed by atoms with Crippen molar-refractivity contribution in [2.24, 2.45) is 10.3 Å². The fourth-order valence-electron chi connectivity index (χ4n) is 3.48. The molecular weight excluding hydrogens is 438 g/mol. The van der Waals surface area contributed by atoms with Gasteiger partial charge in [0.2, 0.25) is 0 Å². The molecule has 0 saturated carbocycles. The van der Waals surface area contributed by atoms with E-state index in [1.54, 1.807) is 43.7 Å². The summed E-state index contributed by atoms with van der Waals surface area (Å²) in [6, 6.07) is 17.3. The van der Waals surface area contributed by atoms with Gasteiger partial charge in [0.15, 0.2) is 6.61 Å². The van der Waals surface area contributed by atoms with E-state index in [-0.39, 0.29) is 18.6 Å². The predicted octanol–water partition coefficient (Wildman–Crippen LogP) is 3.80. The number of benzene rings is 2. The Morgan fingerprint density at radius 1 is 1.12 bits per heavy atom. The summed E-state index contributed by atoms with van der Waals surface area (Å²) >= 11 is 0. The van der Waals surface area contributed by atoms with Crippen molar-refractivity contribution in [3.63, 3.8) is 0 Å². The second-order valence-electron chi connectivity index (χ2n) is 7.37. The van der Waals surface area contributed by atoms with E-state index in [1.807, 2.05) is 30.3 Å². The second-order valence-corrected chi connectivity index (χ2v) is 7.37. The van der Waals surface area contributed by atoms with Crippen molar-refractivity contribution in [3.05, 3.63) is 89.4 Å². The van der Waals surface area contributed by atoms with Crippen LogP contribution in [-0.2, 0) is 14.4 Å². The number of furan rings is 1. The van der Waals surface area contributed by atoms with Crippen LogP contribution in [0, 0.1) is 0 Å². The van der Waals surface area contributed by atoms with Crippen LogP contribution in [0.2, 0.25) is 0 Å². The zero-order valence-corrected chi connectivity index (χ0v) is 18.7. The molecule has 3 aromatic rings. The van der Waals surface area contributed by atoms with Gasteiger partial charge in [0.1, 0.15) is 17.6 Å². The van der Waals surface area contributed by atoms with Gasteiger partial charge in [-0.3, -0.25) is 4.79 Å². The molecule has 1 atom stereocenters. The van der Waals surface area contributed by atoms with Crippen molar-refractivity contribution >= 4 is 23.8 Å². The van der Waals surface area contributed by atoms with E-state index in [0.29, 0.717) is 23.3 Å². The maximum atomic E-state index is 12.9. The highest BCUT2D eigenvalue weighted by Gasteiger charge is 2.35. The minimum Gasteiger partial charge on any atom is -0.497 e. The monoisotopic (exact) mass is 461 g/mol. The summed E-state index contributed by atoms with van der Waals surface area (Å²) in [6.07, 6.45) is 3.52. The highest BCUT2D eigenvalue weighted by atomic mass is 16.6. The van der Waals surface area contributed by atoms with E-state index in [2.05, 4.69) is 15.0 Å². The summed E-state index contributed by atoms with van der Waals surface area (Å²) in [6.45, 7) is -0.298. The average Bonchev–Trinajstić information content (AvgIpc) is 3.57.